The second-order valence-corrected chi connectivity index (χ2v) is 4.35. The van der Waals surface area contributed by atoms with Crippen LogP contribution in [0.5, 0.6) is 0 Å². The van der Waals surface area contributed by atoms with Gasteiger partial charge in [0.2, 0.25) is 5.91 Å². The smallest absolute Gasteiger partial charge is 0.326 e. The first kappa shape index (κ1) is 16.2. The van der Waals surface area contributed by atoms with Gasteiger partial charge in [-0.1, -0.05) is 17.7 Å². The molecule has 0 saturated carbocycles. The van der Waals surface area contributed by atoms with Crippen LogP contribution in [0.4, 0.5) is 5.69 Å². The van der Waals surface area contributed by atoms with E-state index in [4.69, 9.17) is 10.8 Å². The van der Waals surface area contributed by atoms with Crippen molar-refractivity contribution in [1.29, 1.82) is 0 Å². The summed E-state index contributed by atoms with van der Waals surface area (Å²) in [5.41, 5.74) is 6.23. The average molecular weight is 293 g/mol. The molecule has 0 unspecified atom stereocenters. The zero-order valence-electron chi connectivity index (χ0n) is 11.3. The molecule has 0 aliphatic rings. The molecule has 0 aliphatic heterocycles. The average Bonchev–Trinajstić information content (AvgIpc) is 2.39. The van der Waals surface area contributed by atoms with E-state index in [1.165, 1.54) is 0 Å². The van der Waals surface area contributed by atoms with E-state index in [-0.39, 0.29) is 0 Å². The lowest BCUT2D eigenvalue weighted by Gasteiger charge is -2.12. The third-order valence-corrected chi connectivity index (χ3v) is 2.52. The normalized spacial score (nSPS) is 11.3. The molecular formula is C13H15N3O5. The quantitative estimate of drug-likeness (QED) is 0.536. The molecule has 1 rings (SSSR count). The molecule has 0 heterocycles. The van der Waals surface area contributed by atoms with Crippen molar-refractivity contribution in [1.82, 2.24) is 5.32 Å². The number of hydrogen-bond donors (Lipinski definition) is 4. The summed E-state index contributed by atoms with van der Waals surface area (Å²) >= 11 is 0. The maximum atomic E-state index is 11.6. The number of amides is 3. The maximum Gasteiger partial charge on any atom is 0.326 e. The van der Waals surface area contributed by atoms with E-state index in [9.17, 15) is 19.2 Å². The van der Waals surface area contributed by atoms with Gasteiger partial charge in [0.05, 0.1) is 6.42 Å². The molecule has 3 amide bonds. The Morgan fingerprint density at radius 1 is 1.14 bits per heavy atom. The third kappa shape index (κ3) is 5.31. The predicted octanol–water partition coefficient (Wildman–Crippen LogP) is -0.622. The minimum Gasteiger partial charge on any atom is -0.480 e. The Morgan fingerprint density at radius 3 is 2.19 bits per heavy atom. The van der Waals surface area contributed by atoms with Crippen LogP contribution >= 0.6 is 0 Å². The number of nitrogens with two attached hydrogens (primary N) is 1. The molecule has 0 aromatic heterocycles. The van der Waals surface area contributed by atoms with Crippen LogP contribution in [-0.4, -0.2) is 34.8 Å². The van der Waals surface area contributed by atoms with Gasteiger partial charge in [0, 0.05) is 5.69 Å². The van der Waals surface area contributed by atoms with E-state index in [2.05, 4.69) is 5.32 Å². The number of carboxylic acid groups (broad SMARTS) is 1. The molecule has 112 valence electrons. The van der Waals surface area contributed by atoms with Gasteiger partial charge >= 0.3 is 17.8 Å². The fourth-order valence-electron chi connectivity index (χ4n) is 1.45. The fourth-order valence-corrected chi connectivity index (χ4v) is 1.45. The highest BCUT2D eigenvalue weighted by Gasteiger charge is 2.25. The van der Waals surface area contributed by atoms with E-state index in [1.54, 1.807) is 24.3 Å². The van der Waals surface area contributed by atoms with Crippen LogP contribution in [-0.2, 0) is 19.2 Å². The summed E-state index contributed by atoms with van der Waals surface area (Å²) in [4.78, 5) is 44.7. The standard InChI is InChI=1S/C13H15N3O5/c1-7-2-4-8(5-3-7)15-11(18)12(19)16-9(13(20)21)6-10(14)17/h2-5,9H,6H2,1H3,(H2,14,17)(H,15,18)(H,16,19)(H,20,21)/t9-/m0/s1. The summed E-state index contributed by atoms with van der Waals surface area (Å²) in [6, 6.07) is 5.12. The van der Waals surface area contributed by atoms with E-state index < -0.39 is 36.2 Å². The van der Waals surface area contributed by atoms with Crippen molar-refractivity contribution in [3.05, 3.63) is 29.8 Å². The summed E-state index contributed by atoms with van der Waals surface area (Å²) in [7, 11) is 0. The van der Waals surface area contributed by atoms with Crippen LogP contribution < -0.4 is 16.4 Å². The molecule has 0 spiro atoms. The summed E-state index contributed by atoms with van der Waals surface area (Å²) < 4.78 is 0. The van der Waals surface area contributed by atoms with Gasteiger partial charge < -0.3 is 21.5 Å². The molecule has 8 heteroatoms. The van der Waals surface area contributed by atoms with E-state index >= 15 is 0 Å². The number of anilines is 1. The molecule has 8 nitrogen and oxygen atoms in total. The Hall–Kier alpha value is -2.90. The van der Waals surface area contributed by atoms with Crippen molar-refractivity contribution >= 4 is 29.4 Å². The Bertz CT molecular complexity index is 568. The van der Waals surface area contributed by atoms with Gasteiger partial charge in [-0.05, 0) is 19.1 Å². The molecule has 0 bridgehead atoms. The topological polar surface area (TPSA) is 139 Å². The van der Waals surface area contributed by atoms with Crippen LogP contribution in [0.1, 0.15) is 12.0 Å². The Morgan fingerprint density at radius 2 is 1.71 bits per heavy atom. The lowest BCUT2D eigenvalue weighted by molar-refractivity contribution is -0.144. The van der Waals surface area contributed by atoms with Crippen molar-refractivity contribution in [2.75, 3.05) is 5.32 Å². The van der Waals surface area contributed by atoms with E-state index in [0.29, 0.717) is 5.69 Å². The summed E-state index contributed by atoms with van der Waals surface area (Å²) in [5.74, 6) is -4.55. The van der Waals surface area contributed by atoms with Crippen molar-refractivity contribution < 1.29 is 24.3 Å². The monoisotopic (exact) mass is 293 g/mol. The van der Waals surface area contributed by atoms with Gasteiger partial charge in [-0.3, -0.25) is 14.4 Å². The Balaban J connectivity index is 2.64. The van der Waals surface area contributed by atoms with Crippen molar-refractivity contribution in [3.63, 3.8) is 0 Å². The van der Waals surface area contributed by atoms with Gasteiger partial charge in [-0.15, -0.1) is 0 Å². The van der Waals surface area contributed by atoms with Gasteiger partial charge in [0.15, 0.2) is 0 Å². The molecule has 0 saturated heterocycles. The van der Waals surface area contributed by atoms with E-state index in [0.717, 1.165) is 5.56 Å². The number of benzene rings is 1. The molecule has 21 heavy (non-hydrogen) atoms. The van der Waals surface area contributed by atoms with Crippen molar-refractivity contribution in [3.8, 4) is 0 Å². The number of aryl methyl sites for hydroxylation is 1. The molecule has 5 N–H and O–H groups in total. The number of hydrogen-bond acceptors (Lipinski definition) is 4. The van der Waals surface area contributed by atoms with Gasteiger partial charge in [-0.25, -0.2) is 4.79 Å². The zero-order valence-corrected chi connectivity index (χ0v) is 11.3. The molecular weight excluding hydrogens is 278 g/mol. The second kappa shape index (κ2) is 7.04. The number of carbonyl (C=O) groups excluding carboxylic acids is 3. The number of rotatable bonds is 5. The minimum absolute atomic E-state index is 0.391. The number of carboxylic acids is 1. The number of nitrogens with one attached hydrogen (secondary N) is 2. The highest BCUT2D eigenvalue weighted by Crippen LogP contribution is 2.08. The van der Waals surface area contributed by atoms with Crippen LogP contribution in [0.25, 0.3) is 0 Å². The first-order chi connectivity index (χ1) is 9.79. The number of primary amides is 1. The lowest BCUT2D eigenvalue weighted by atomic mass is 10.2. The van der Waals surface area contributed by atoms with Crippen LogP contribution in [0.2, 0.25) is 0 Å². The molecule has 0 aliphatic carbocycles. The molecule has 0 fully saturated rings. The fraction of sp³-hybridized carbons (Fsp3) is 0.231. The van der Waals surface area contributed by atoms with Crippen LogP contribution in [0.3, 0.4) is 0 Å². The largest absolute Gasteiger partial charge is 0.480 e. The van der Waals surface area contributed by atoms with Crippen LogP contribution in [0, 0.1) is 6.92 Å². The molecule has 1 aromatic carbocycles. The predicted molar refractivity (Wildman–Crippen MR) is 73.2 cm³/mol. The van der Waals surface area contributed by atoms with Crippen molar-refractivity contribution in [2.24, 2.45) is 5.73 Å². The van der Waals surface area contributed by atoms with Crippen LogP contribution in [0.15, 0.2) is 24.3 Å². The number of aliphatic carboxylic acids is 1. The molecule has 1 aromatic rings. The van der Waals surface area contributed by atoms with Crippen molar-refractivity contribution in [2.45, 2.75) is 19.4 Å². The molecule has 1 atom stereocenters. The zero-order chi connectivity index (χ0) is 16.0. The number of carbonyl (C=O) groups is 4. The van der Waals surface area contributed by atoms with E-state index in [1.807, 2.05) is 12.2 Å². The lowest BCUT2D eigenvalue weighted by Crippen LogP contribution is -2.47. The highest BCUT2D eigenvalue weighted by molar-refractivity contribution is 6.40. The maximum absolute atomic E-state index is 11.6. The summed E-state index contributed by atoms with van der Waals surface area (Å²) in [6.45, 7) is 1.86. The summed E-state index contributed by atoms with van der Waals surface area (Å²) in [6.07, 6.45) is -0.598. The minimum atomic E-state index is -1.54. The first-order valence-electron chi connectivity index (χ1n) is 5.99. The second-order valence-electron chi connectivity index (χ2n) is 4.35. The highest BCUT2D eigenvalue weighted by atomic mass is 16.4. The van der Waals surface area contributed by atoms with Gasteiger partial charge in [0.1, 0.15) is 6.04 Å². The first-order valence-corrected chi connectivity index (χ1v) is 5.99. The summed E-state index contributed by atoms with van der Waals surface area (Å²) in [5, 5.41) is 13.1. The Kier molecular flexibility index (Phi) is 5.41. The van der Waals surface area contributed by atoms with Gasteiger partial charge in [0.25, 0.3) is 0 Å². The Labute approximate surface area is 120 Å². The molecule has 0 radical (unpaired) electrons. The third-order valence-electron chi connectivity index (χ3n) is 2.52. The van der Waals surface area contributed by atoms with Gasteiger partial charge in [-0.2, -0.15) is 0 Å². The SMILES string of the molecule is Cc1ccc(NC(=O)C(=O)N[C@@H](CC(N)=O)C(=O)O)cc1.